The maximum atomic E-state index is 13.6. The van der Waals surface area contributed by atoms with Crippen molar-refractivity contribution in [2.75, 3.05) is 31.9 Å². The minimum atomic E-state index is -0.666. The highest BCUT2D eigenvalue weighted by atomic mass is 16.6. The number of nitrogen functional groups attached to an aromatic ring is 1. The van der Waals surface area contributed by atoms with Gasteiger partial charge in [0.15, 0.2) is 0 Å². The van der Waals surface area contributed by atoms with Gasteiger partial charge in [0.05, 0.1) is 5.39 Å². The Hall–Kier alpha value is -5.06. The summed E-state index contributed by atoms with van der Waals surface area (Å²) in [5.74, 6) is 1.83. The summed E-state index contributed by atoms with van der Waals surface area (Å²) in [6, 6.07) is 9.62. The van der Waals surface area contributed by atoms with Crippen LogP contribution in [0.25, 0.3) is 17.1 Å². The largest absolute Gasteiger partial charge is 0.458 e. The van der Waals surface area contributed by atoms with Crippen molar-refractivity contribution < 1.29 is 23.8 Å². The van der Waals surface area contributed by atoms with Crippen LogP contribution < -0.4 is 10.5 Å². The van der Waals surface area contributed by atoms with Crippen LogP contribution in [-0.4, -0.2) is 73.9 Å². The van der Waals surface area contributed by atoms with Crippen LogP contribution in [0, 0.1) is 5.92 Å². The number of nitrogens with zero attached hydrogens (tertiary/aromatic N) is 5. The van der Waals surface area contributed by atoms with E-state index >= 15 is 0 Å². The molecule has 3 aromatic rings. The van der Waals surface area contributed by atoms with Crippen LogP contribution in [0.15, 0.2) is 86.1 Å². The maximum Gasteiger partial charge on any atom is 0.410 e. The summed E-state index contributed by atoms with van der Waals surface area (Å²) in [4.78, 5) is 39.1. The van der Waals surface area contributed by atoms with Crippen LogP contribution >= 0.6 is 0 Å². The van der Waals surface area contributed by atoms with Crippen molar-refractivity contribution in [2.45, 2.75) is 90.9 Å². The molecule has 11 heteroatoms. The van der Waals surface area contributed by atoms with E-state index in [1.807, 2.05) is 84.1 Å². The molecule has 2 aromatic heterocycles. The van der Waals surface area contributed by atoms with Crippen molar-refractivity contribution in [3.05, 3.63) is 91.6 Å². The number of aromatic nitrogens is 3. The fraction of sp³-hybridized carbons (Fsp3) is 0.463. The third-order valence-corrected chi connectivity index (χ3v) is 8.70. The Morgan fingerprint density at radius 2 is 1.62 bits per heavy atom. The lowest BCUT2D eigenvalue weighted by molar-refractivity contribution is 0.0186. The Labute approximate surface area is 308 Å². The van der Waals surface area contributed by atoms with E-state index in [0.29, 0.717) is 56.3 Å². The lowest BCUT2D eigenvalue weighted by Gasteiger charge is -2.31. The van der Waals surface area contributed by atoms with E-state index in [2.05, 4.69) is 34.3 Å². The fourth-order valence-electron chi connectivity index (χ4n) is 6.38. The zero-order valence-corrected chi connectivity index (χ0v) is 31.8. The highest BCUT2D eigenvalue weighted by molar-refractivity contribution is 5.94. The highest BCUT2D eigenvalue weighted by Gasteiger charge is 2.32. The molecule has 1 saturated carbocycles. The van der Waals surface area contributed by atoms with Gasteiger partial charge in [-0.3, -0.25) is 0 Å². The van der Waals surface area contributed by atoms with Crippen molar-refractivity contribution >= 4 is 35.1 Å². The van der Waals surface area contributed by atoms with Gasteiger partial charge in [-0.05, 0) is 103 Å². The molecule has 1 fully saturated rings. The number of allylic oxidation sites excluding steroid dienone is 2. The van der Waals surface area contributed by atoms with Crippen LogP contribution in [0.4, 0.5) is 15.4 Å². The number of benzene rings is 1. The van der Waals surface area contributed by atoms with Gasteiger partial charge in [0, 0.05) is 44.0 Å². The minimum absolute atomic E-state index is 0.194. The van der Waals surface area contributed by atoms with Crippen LogP contribution in [0.3, 0.4) is 0 Å². The van der Waals surface area contributed by atoms with E-state index in [4.69, 9.17) is 19.9 Å². The standard InChI is InChI=1S/C41H56N6O5/c1-10-30(24-29(3)50-34-16-13-12-14-17-34)20-23-45(38(48)51-40(4,5)6)21-15-22-46(39(49)52-41(7,8)9)26-31-18-19-33(25-31)47-27-32(11-2)35-36(42)43-28-44-37(35)47/h10-14,16-17,24,27-28,31,33H,1-3,15,18-23,25-26H2,4-9H3,(H2,42,43,44)/b30-24+/t31-,33+/m1/s1. The summed E-state index contributed by atoms with van der Waals surface area (Å²) in [5.41, 5.74) is 7.45. The normalized spacial score (nSPS) is 16.3. The highest BCUT2D eigenvalue weighted by Crippen LogP contribution is 2.39. The number of carbonyl (C=O) groups excluding carboxylic acids is 2. The first-order chi connectivity index (χ1) is 24.6. The van der Waals surface area contributed by atoms with Crippen molar-refractivity contribution in [3.8, 4) is 5.75 Å². The second-order valence-electron chi connectivity index (χ2n) is 15.3. The average Bonchev–Trinajstić information content (AvgIpc) is 3.69. The smallest absolute Gasteiger partial charge is 0.410 e. The van der Waals surface area contributed by atoms with Crippen LogP contribution in [0.5, 0.6) is 5.75 Å². The predicted molar refractivity (Wildman–Crippen MR) is 208 cm³/mol. The number of para-hydroxylation sites is 1. The van der Waals surface area contributed by atoms with E-state index in [1.165, 1.54) is 6.33 Å². The van der Waals surface area contributed by atoms with Crippen LogP contribution in [0.1, 0.15) is 85.3 Å². The molecule has 2 heterocycles. The first kappa shape index (κ1) is 39.7. The number of carbonyl (C=O) groups is 2. The van der Waals surface area contributed by atoms with Gasteiger partial charge in [-0.15, -0.1) is 0 Å². The number of anilines is 1. The Kier molecular flexibility index (Phi) is 13.3. The lowest BCUT2D eigenvalue weighted by Crippen LogP contribution is -2.42. The Morgan fingerprint density at radius 3 is 2.25 bits per heavy atom. The van der Waals surface area contributed by atoms with E-state index in [9.17, 15) is 9.59 Å². The molecule has 0 spiro atoms. The molecule has 0 aliphatic heterocycles. The van der Waals surface area contributed by atoms with Crippen molar-refractivity contribution in [3.63, 3.8) is 0 Å². The molecule has 0 radical (unpaired) electrons. The second-order valence-corrected chi connectivity index (χ2v) is 15.3. The predicted octanol–water partition coefficient (Wildman–Crippen LogP) is 8.96. The minimum Gasteiger partial charge on any atom is -0.458 e. The maximum absolute atomic E-state index is 13.6. The van der Waals surface area contributed by atoms with Crippen molar-refractivity contribution in [1.29, 1.82) is 0 Å². The zero-order chi connectivity index (χ0) is 38.1. The molecule has 2 amide bonds. The Bertz CT molecular complexity index is 1750. The molecular weight excluding hydrogens is 656 g/mol. The van der Waals surface area contributed by atoms with E-state index in [-0.39, 0.29) is 18.1 Å². The molecule has 0 bridgehead atoms. The van der Waals surface area contributed by atoms with Gasteiger partial charge in [-0.1, -0.05) is 50.1 Å². The monoisotopic (exact) mass is 712 g/mol. The van der Waals surface area contributed by atoms with Crippen LogP contribution in [-0.2, 0) is 9.47 Å². The molecule has 11 nitrogen and oxygen atoms in total. The second kappa shape index (κ2) is 17.4. The fourth-order valence-corrected chi connectivity index (χ4v) is 6.38. The summed E-state index contributed by atoms with van der Waals surface area (Å²) in [6.45, 7) is 24.8. The molecule has 0 saturated heterocycles. The Balaban J connectivity index is 1.44. The van der Waals surface area contributed by atoms with E-state index in [0.717, 1.165) is 41.4 Å². The van der Waals surface area contributed by atoms with Gasteiger partial charge in [0.1, 0.15) is 40.5 Å². The summed E-state index contributed by atoms with van der Waals surface area (Å²) >= 11 is 0. The molecule has 1 aliphatic rings. The number of hydrogen-bond donors (Lipinski definition) is 1. The summed E-state index contributed by atoms with van der Waals surface area (Å²) in [7, 11) is 0. The molecule has 2 atom stereocenters. The third kappa shape index (κ3) is 11.5. The van der Waals surface area contributed by atoms with Gasteiger partial charge >= 0.3 is 12.2 Å². The number of nitrogens with two attached hydrogens (primary N) is 1. The van der Waals surface area contributed by atoms with Gasteiger partial charge in [-0.25, -0.2) is 19.6 Å². The van der Waals surface area contributed by atoms with Crippen molar-refractivity contribution in [2.24, 2.45) is 5.92 Å². The Morgan fingerprint density at radius 1 is 0.962 bits per heavy atom. The van der Waals surface area contributed by atoms with E-state index < -0.39 is 17.3 Å². The number of ether oxygens (including phenoxy) is 3. The zero-order valence-electron chi connectivity index (χ0n) is 31.8. The lowest BCUT2D eigenvalue weighted by atomic mass is 10.1. The number of amides is 2. The SMILES string of the molecule is C=C/C(=C\C(=C)Oc1ccccc1)CCN(CCCN(C[C@@H]1CC[C@H](n2cc(C=C)c3c(N)ncnc32)C1)C(=O)OC(C)(C)C)C(=O)OC(C)(C)C. The van der Waals surface area contributed by atoms with Gasteiger partial charge in [-0.2, -0.15) is 0 Å². The average molecular weight is 713 g/mol. The summed E-state index contributed by atoms with van der Waals surface area (Å²) in [6.07, 6.45) is 11.9. The van der Waals surface area contributed by atoms with Crippen LogP contribution in [0.2, 0.25) is 0 Å². The molecule has 280 valence electrons. The van der Waals surface area contributed by atoms with Crippen molar-refractivity contribution in [1.82, 2.24) is 24.3 Å². The van der Waals surface area contributed by atoms with Gasteiger partial charge < -0.3 is 34.3 Å². The topological polar surface area (TPSA) is 125 Å². The number of rotatable bonds is 15. The molecule has 1 aromatic carbocycles. The van der Waals surface area contributed by atoms with Gasteiger partial charge in [0.2, 0.25) is 0 Å². The number of hydrogen-bond acceptors (Lipinski definition) is 8. The number of fused-ring (bicyclic) bond motifs is 1. The summed E-state index contributed by atoms with van der Waals surface area (Å²) < 4.78 is 19.6. The quantitative estimate of drug-likeness (QED) is 0.122. The molecule has 0 unspecified atom stereocenters. The first-order valence-electron chi connectivity index (χ1n) is 18.0. The first-order valence-corrected chi connectivity index (χ1v) is 18.0. The van der Waals surface area contributed by atoms with E-state index in [1.54, 1.807) is 22.0 Å². The molecular formula is C41H56N6O5. The molecule has 4 rings (SSSR count). The molecule has 52 heavy (non-hydrogen) atoms. The van der Waals surface area contributed by atoms with Gasteiger partial charge in [0.25, 0.3) is 0 Å². The summed E-state index contributed by atoms with van der Waals surface area (Å²) in [5, 5.41) is 0.812. The molecule has 1 aliphatic carbocycles. The molecule has 2 N–H and O–H groups in total. The third-order valence-electron chi connectivity index (χ3n) is 8.70.